The third-order valence-corrected chi connectivity index (χ3v) is 4.61. The summed E-state index contributed by atoms with van der Waals surface area (Å²) in [4.78, 5) is 8.27. The number of hydrogen-bond donors (Lipinski definition) is 1. The standard InChI is InChI=1S/C13H16N4O2S/c1-17(10-12-4-2-3-7-15-12)20(18,19)13-6-5-11(8-14)16-9-13/h2-7,9H,8,10,14H2,1H3. The summed E-state index contributed by atoms with van der Waals surface area (Å²) in [6.45, 7) is 0.492. The maximum atomic E-state index is 12.4. The van der Waals surface area contributed by atoms with Crippen LogP contribution in [0.4, 0.5) is 0 Å². The van der Waals surface area contributed by atoms with Gasteiger partial charge in [-0.1, -0.05) is 6.07 Å². The first-order valence-electron chi connectivity index (χ1n) is 6.05. The predicted octanol–water partition coefficient (Wildman–Crippen LogP) is 0.756. The number of pyridine rings is 2. The van der Waals surface area contributed by atoms with Gasteiger partial charge in [0.2, 0.25) is 10.0 Å². The molecule has 0 aromatic carbocycles. The maximum absolute atomic E-state index is 12.4. The fourth-order valence-corrected chi connectivity index (χ4v) is 2.76. The molecule has 0 amide bonds. The minimum atomic E-state index is -3.57. The van der Waals surface area contributed by atoms with Crippen LogP contribution in [0.15, 0.2) is 47.6 Å². The highest BCUT2D eigenvalue weighted by Crippen LogP contribution is 2.15. The molecule has 2 aromatic rings. The molecule has 0 unspecified atom stereocenters. The zero-order chi connectivity index (χ0) is 14.6. The van der Waals surface area contributed by atoms with Gasteiger partial charge in [0.15, 0.2) is 0 Å². The van der Waals surface area contributed by atoms with Gasteiger partial charge in [-0.25, -0.2) is 8.42 Å². The Morgan fingerprint density at radius 3 is 2.50 bits per heavy atom. The Hall–Kier alpha value is -1.83. The first-order valence-corrected chi connectivity index (χ1v) is 7.49. The Kier molecular flexibility index (Phi) is 4.43. The molecule has 20 heavy (non-hydrogen) atoms. The van der Waals surface area contributed by atoms with E-state index < -0.39 is 10.0 Å². The number of aromatic nitrogens is 2. The highest BCUT2D eigenvalue weighted by atomic mass is 32.2. The predicted molar refractivity (Wildman–Crippen MR) is 75.0 cm³/mol. The van der Waals surface area contributed by atoms with Gasteiger partial charge < -0.3 is 5.73 Å². The molecule has 0 saturated heterocycles. The maximum Gasteiger partial charge on any atom is 0.244 e. The molecule has 0 aliphatic rings. The van der Waals surface area contributed by atoms with Crippen molar-refractivity contribution < 1.29 is 8.42 Å². The van der Waals surface area contributed by atoms with Crippen molar-refractivity contribution >= 4 is 10.0 Å². The fraction of sp³-hybridized carbons (Fsp3) is 0.231. The highest BCUT2D eigenvalue weighted by molar-refractivity contribution is 7.89. The molecule has 7 heteroatoms. The Morgan fingerprint density at radius 2 is 1.95 bits per heavy atom. The molecule has 6 nitrogen and oxygen atoms in total. The van der Waals surface area contributed by atoms with Gasteiger partial charge in [0.05, 0.1) is 17.9 Å². The Labute approximate surface area is 118 Å². The van der Waals surface area contributed by atoms with E-state index in [1.54, 1.807) is 24.4 Å². The van der Waals surface area contributed by atoms with E-state index in [0.29, 0.717) is 11.4 Å². The van der Waals surface area contributed by atoms with Gasteiger partial charge in [-0.05, 0) is 24.3 Å². The quantitative estimate of drug-likeness (QED) is 0.878. The van der Waals surface area contributed by atoms with Gasteiger partial charge >= 0.3 is 0 Å². The van der Waals surface area contributed by atoms with Crippen molar-refractivity contribution in [1.82, 2.24) is 14.3 Å². The topological polar surface area (TPSA) is 89.2 Å². The van der Waals surface area contributed by atoms with Gasteiger partial charge in [0.1, 0.15) is 4.90 Å². The molecule has 0 aliphatic heterocycles. The second-order valence-electron chi connectivity index (χ2n) is 4.27. The van der Waals surface area contributed by atoms with Crippen LogP contribution in [0.2, 0.25) is 0 Å². The average molecular weight is 292 g/mol. The largest absolute Gasteiger partial charge is 0.325 e. The minimum Gasteiger partial charge on any atom is -0.325 e. The van der Waals surface area contributed by atoms with E-state index in [1.807, 2.05) is 6.07 Å². The van der Waals surface area contributed by atoms with E-state index in [0.717, 1.165) is 0 Å². The molecule has 2 aromatic heterocycles. The lowest BCUT2D eigenvalue weighted by atomic mass is 10.3. The number of hydrogen-bond acceptors (Lipinski definition) is 5. The van der Waals surface area contributed by atoms with Crippen molar-refractivity contribution in [2.45, 2.75) is 18.0 Å². The van der Waals surface area contributed by atoms with Crippen LogP contribution in [0.1, 0.15) is 11.4 Å². The molecule has 0 bridgehead atoms. The van der Waals surface area contributed by atoms with E-state index in [9.17, 15) is 8.42 Å². The van der Waals surface area contributed by atoms with Crippen LogP contribution in [0.25, 0.3) is 0 Å². The summed E-state index contributed by atoms with van der Waals surface area (Å²) in [7, 11) is -2.06. The van der Waals surface area contributed by atoms with Crippen molar-refractivity contribution in [3.8, 4) is 0 Å². The third kappa shape index (κ3) is 3.19. The summed E-state index contributed by atoms with van der Waals surface area (Å²) in [5.74, 6) is 0. The van der Waals surface area contributed by atoms with Crippen molar-refractivity contribution in [3.63, 3.8) is 0 Å². The molecule has 0 atom stereocenters. The van der Waals surface area contributed by atoms with E-state index in [2.05, 4.69) is 9.97 Å². The molecule has 0 saturated carbocycles. The molecule has 0 fully saturated rings. The molecule has 106 valence electrons. The molecular formula is C13H16N4O2S. The van der Waals surface area contributed by atoms with Crippen LogP contribution < -0.4 is 5.73 Å². The third-order valence-electron chi connectivity index (χ3n) is 2.83. The molecule has 2 N–H and O–H groups in total. The van der Waals surface area contributed by atoms with Crippen molar-refractivity contribution in [1.29, 1.82) is 0 Å². The monoisotopic (exact) mass is 292 g/mol. The van der Waals surface area contributed by atoms with Crippen molar-refractivity contribution in [3.05, 3.63) is 54.1 Å². The van der Waals surface area contributed by atoms with E-state index in [-0.39, 0.29) is 18.0 Å². The average Bonchev–Trinajstić information content (AvgIpc) is 2.48. The lowest BCUT2D eigenvalue weighted by Crippen LogP contribution is -2.27. The summed E-state index contributed by atoms with van der Waals surface area (Å²) in [5.41, 5.74) is 6.77. The number of nitrogens with two attached hydrogens (primary N) is 1. The van der Waals surface area contributed by atoms with Gasteiger partial charge in [-0.15, -0.1) is 0 Å². The van der Waals surface area contributed by atoms with Gasteiger partial charge in [-0.2, -0.15) is 4.31 Å². The first kappa shape index (κ1) is 14.6. The van der Waals surface area contributed by atoms with Crippen molar-refractivity contribution in [2.75, 3.05) is 7.05 Å². The fourth-order valence-electron chi connectivity index (χ4n) is 1.67. The highest BCUT2D eigenvalue weighted by Gasteiger charge is 2.21. The van der Waals surface area contributed by atoms with Crippen LogP contribution >= 0.6 is 0 Å². The van der Waals surface area contributed by atoms with Crippen LogP contribution in [0.5, 0.6) is 0 Å². The Bertz CT molecular complexity index is 657. The SMILES string of the molecule is CN(Cc1ccccn1)S(=O)(=O)c1ccc(CN)nc1. The van der Waals surface area contributed by atoms with E-state index in [1.165, 1.54) is 23.6 Å². The molecular weight excluding hydrogens is 276 g/mol. The van der Waals surface area contributed by atoms with Crippen LogP contribution in [-0.2, 0) is 23.1 Å². The first-order chi connectivity index (χ1) is 9.54. The zero-order valence-corrected chi connectivity index (χ0v) is 11.9. The second kappa shape index (κ2) is 6.08. The van der Waals surface area contributed by atoms with Crippen LogP contribution in [0.3, 0.4) is 0 Å². The van der Waals surface area contributed by atoms with Crippen LogP contribution in [0, 0.1) is 0 Å². The van der Waals surface area contributed by atoms with Gasteiger partial charge in [0, 0.05) is 26.0 Å². The Balaban J connectivity index is 2.20. The van der Waals surface area contributed by atoms with Gasteiger partial charge in [-0.3, -0.25) is 9.97 Å². The second-order valence-corrected chi connectivity index (χ2v) is 6.32. The minimum absolute atomic E-state index is 0.146. The zero-order valence-electron chi connectivity index (χ0n) is 11.1. The molecule has 0 radical (unpaired) electrons. The van der Waals surface area contributed by atoms with Crippen molar-refractivity contribution in [2.24, 2.45) is 5.73 Å². The summed E-state index contributed by atoms with van der Waals surface area (Å²) >= 11 is 0. The summed E-state index contributed by atoms with van der Waals surface area (Å²) in [6.07, 6.45) is 2.96. The van der Waals surface area contributed by atoms with E-state index in [4.69, 9.17) is 5.73 Å². The molecule has 0 spiro atoms. The lowest BCUT2D eigenvalue weighted by molar-refractivity contribution is 0.462. The van der Waals surface area contributed by atoms with Crippen LogP contribution in [-0.4, -0.2) is 29.7 Å². The molecule has 0 aliphatic carbocycles. The summed E-state index contributed by atoms with van der Waals surface area (Å²) in [6, 6.07) is 8.51. The number of rotatable bonds is 5. The summed E-state index contributed by atoms with van der Waals surface area (Å²) < 4.78 is 26.0. The van der Waals surface area contributed by atoms with Gasteiger partial charge in [0.25, 0.3) is 0 Å². The number of nitrogens with zero attached hydrogens (tertiary/aromatic N) is 3. The summed E-state index contributed by atoms with van der Waals surface area (Å²) in [5, 5.41) is 0. The molecule has 2 heterocycles. The normalized spacial score (nSPS) is 11.8. The Morgan fingerprint density at radius 1 is 1.15 bits per heavy atom. The molecule has 2 rings (SSSR count). The lowest BCUT2D eigenvalue weighted by Gasteiger charge is -2.16. The van der Waals surface area contributed by atoms with E-state index >= 15 is 0 Å². The smallest absolute Gasteiger partial charge is 0.244 e. The number of sulfonamides is 1.